The molecule has 1 N–H and O–H groups in total. The number of hydrogen-bond donors (Lipinski definition) is 1. The zero-order valence-electron chi connectivity index (χ0n) is 12.2. The van der Waals surface area contributed by atoms with Gasteiger partial charge in [-0.05, 0) is 43.4 Å². The summed E-state index contributed by atoms with van der Waals surface area (Å²) in [6.07, 6.45) is 2.77. The van der Waals surface area contributed by atoms with E-state index in [1.54, 1.807) is 5.56 Å². The number of nitrogens with one attached hydrogen (secondary N) is 1. The van der Waals surface area contributed by atoms with Gasteiger partial charge in [-0.25, -0.2) is 0 Å². The minimum Gasteiger partial charge on any atom is -0.312 e. The summed E-state index contributed by atoms with van der Waals surface area (Å²) in [6, 6.07) is 9.70. The third-order valence-corrected chi connectivity index (χ3v) is 5.16. The maximum atomic E-state index is 3.58. The Bertz CT molecular complexity index is 429. The maximum absolute atomic E-state index is 3.58. The van der Waals surface area contributed by atoms with Crippen LogP contribution in [0.1, 0.15) is 43.7 Å². The third kappa shape index (κ3) is 2.70. The van der Waals surface area contributed by atoms with Crippen molar-refractivity contribution in [2.24, 2.45) is 5.92 Å². The number of rotatable bonds is 2. The summed E-state index contributed by atoms with van der Waals surface area (Å²) in [4.78, 5) is 2.71. The standard InChI is InChI=1S/C17H26N2/c1-13-6-5-9-19(14(13)2)12-16-11-18-10-15-7-3-4-8-17(15)16/h3-4,7-8,13-14,16,18H,5-6,9-12H2,1-2H3. The molecule has 0 bridgehead atoms. The second-order valence-corrected chi connectivity index (χ2v) is 6.38. The molecule has 3 atom stereocenters. The van der Waals surface area contributed by atoms with Crippen LogP contribution in [-0.4, -0.2) is 30.6 Å². The van der Waals surface area contributed by atoms with E-state index in [4.69, 9.17) is 0 Å². The molecule has 1 aromatic carbocycles. The Morgan fingerprint density at radius 3 is 3.00 bits per heavy atom. The van der Waals surface area contributed by atoms with Crippen LogP contribution in [0.5, 0.6) is 0 Å². The van der Waals surface area contributed by atoms with Gasteiger partial charge in [-0.3, -0.25) is 4.90 Å². The van der Waals surface area contributed by atoms with E-state index in [1.807, 2.05) is 0 Å². The van der Waals surface area contributed by atoms with Gasteiger partial charge in [-0.2, -0.15) is 0 Å². The minimum atomic E-state index is 0.665. The van der Waals surface area contributed by atoms with Gasteiger partial charge < -0.3 is 5.32 Å². The van der Waals surface area contributed by atoms with Gasteiger partial charge in [-0.1, -0.05) is 31.2 Å². The van der Waals surface area contributed by atoms with Crippen LogP contribution in [0.25, 0.3) is 0 Å². The molecule has 3 unspecified atom stereocenters. The monoisotopic (exact) mass is 258 g/mol. The fourth-order valence-electron chi connectivity index (χ4n) is 3.71. The van der Waals surface area contributed by atoms with Crippen molar-refractivity contribution in [2.45, 2.75) is 45.2 Å². The van der Waals surface area contributed by atoms with Crippen LogP contribution in [0.4, 0.5) is 0 Å². The second kappa shape index (κ2) is 5.64. The van der Waals surface area contributed by atoms with Crippen LogP contribution < -0.4 is 5.32 Å². The van der Waals surface area contributed by atoms with Crippen molar-refractivity contribution in [1.82, 2.24) is 10.2 Å². The first-order valence-corrected chi connectivity index (χ1v) is 7.78. The van der Waals surface area contributed by atoms with Crippen molar-refractivity contribution in [3.63, 3.8) is 0 Å². The van der Waals surface area contributed by atoms with E-state index in [1.165, 1.54) is 31.5 Å². The first-order valence-electron chi connectivity index (χ1n) is 7.78. The Morgan fingerprint density at radius 1 is 1.26 bits per heavy atom. The quantitative estimate of drug-likeness (QED) is 0.877. The van der Waals surface area contributed by atoms with Gasteiger partial charge in [0.1, 0.15) is 0 Å². The Balaban J connectivity index is 1.74. The first-order chi connectivity index (χ1) is 9.25. The first kappa shape index (κ1) is 13.1. The molecule has 2 nitrogen and oxygen atoms in total. The van der Waals surface area contributed by atoms with Gasteiger partial charge in [-0.15, -0.1) is 0 Å². The molecule has 3 rings (SSSR count). The van der Waals surface area contributed by atoms with Crippen molar-refractivity contribution in [3.05, 3.63) is 35.4 Å². The molecule has 1 aromatic rings. The van der Waals surface area contributed by atoms with Crippen LogP contribution in [0, 0.1) is 5.92 Å². The fourth-order valence-corrected chi connectivity index (χ4v) is 3.71. The fraction of sp³-hybridized carbons (Fsp3) is 0.647. The van der Waals surface area contributed by atoms with E-state index in [-0.39, 0.29) is 0 Å². The highest BCUT2D eigenvalue weighted by Crippen LogP contribution is 2.29. The van der Waals surface area contributed by atoms with Crippen molar-refractivity contribution in [3.8, 4) is 0 Å². The predicted octanol–water partition coefficient (Wildman–Crippen LogP) is 2.99. The number of benzene rings is 1. The SMILES string of the molecule is CC1CCCN(CC2CNCc3ccccc32)C1C. The van der Waals surface area contributed by atoms with Crippen LogP contribution in [-0.2, 0) is 6.54 Å². The summed E-state index contributed by atoms with van der Waals surface area (Å²) in [6.45, 7) is 9.49. The third-order valence-electron chi connectivity index (χ3n) is 5.16. The van der Waals surface area contributed by atoms with E-state index in [9.17, 15) is 0 Å². The molecule has 0 spiro atoms. The molecule has 1 fully saturated rings. The largest absolute Gasteiger partial charge is 0.312 e. The average Bonchev–Trinajstić information content (AvgIpc) is 2.44. The topological polar surface area (TPSA) is 15.3 Å². The second-order valence-electron chi connectivity index (χ2n) is 6.38. The van der Waals surface area contributed by atoms with Crippen molar-refractivity contribution < 1.29 is 0 Å². The number of nitrogens with zero attached hydrogens (tertiary/aromatic N) is 1. The van der Waals surface area contributed by atoms with Gasteiger partial charge in [0.2, 0.25) is 0 Å². The van der Waals surface area contributed by atoms with Gasteiger partial charge in [0.05, 0.1) is 0 Å². The molecule has 2 heterocycles. The van der Waals surface area contributed by atoms with Gasteiger partial charge in [0.25, 0.3) is 0 Å². The maximum Gasteiger partial charge on any atom is 0.0208 e. The molecule has 104 valence electrons. The normalized spacial score (nSPS) is 32.0. The van der Waals surface area contributed by atoms with E-state index in [0.29, 0.717) is 5.92 Å². The molecule has 19 heavy (non-hydrogen) atoms. The summed E-state index contributed by atoms with van der Waals surface area (Å²) in [7, 11) is 0. The summed E-state index contributed by atoms with van der Waals surface area (Å²) in [5.74, 6) is 1.51. The van der Waals surface area contributed by atoms with Gasteiger partial charge >= 0.3 is 0 Å². The van der Waals surface area contributed by atoms with Crippen molar-refractivity contribution >= 4 is 0 Å². The summed E-state index contributed by atoms with van der Waals surface area (Å²) >= 11 is 0. The molecule has 0 aromatic heterocycles. The van der Waals surface area contributed by atoms with Crippen molar-refractivity contribution in [2.75, 3.05) is 19.6 Å². The zero-order valence-corrected chi connectivity index (χ0v) is 12.2. The summed E-state index contributed by atoms with van der Waals surface area (Å²) in [5.41, 5.74) is 3.07. The lowest BCUT2D eigenvalue weighted by Gasteiger charge is -2.41. The van der Waals surface area contributed by atoms with Gasteiger partial charge in [0.15, 0.2) is 0 Å². The smallest absolute Gasteiger partial charge is 0.0208 e. The summed E-state index contributed by atoms with van der Waals surface area (Å²) < 4.78 is 0. The van der Waals surface area contributed by atoms with Crippen LogP contribution >= 0.6 is 0 Å². The van der Waals surface area contributed by atoms with E-state index in [2.05, 4.69) is 48.3 Å². The molecule has 0 saturated carbocycles. The molecule has 0 radical (unpaired) electrons. The number of fused-ring (bicyclic) bond motifs is 1. The lowest BCUT2D eigenvalue weighted by atomic mass is 9.87. The number of piperidine rings is 1. The highest BCUT2D eigenvalue weighted by molar-refractivity contribution is 5.33. The number of hydrogen-bond acceptors (Lipinski definition) is 2. The van der Waals surface area contributed by atoms with Crippen LogP contribution in [0.2, 0.25) is 0 Å². The van der Waals surface area contributed by atoms with E-state index >= 15 is 0 Å². The molecule has 0 amide bonds. The highest BCUT2D eigenvalue weighted by Gasteiger charge is 2.28. The van der Waals surface area contributed by atoms with Gasteiger partial charge in [0, 0.05) is 31.6 Å². The highest BCUT2D eigenvalue weighted by atomic mass is 15.2. The Labute approximate surface area is 117 Å². The molecule has 2 aliphatic rings. The van der Waals surface area contributed by atoms with Crippen LogP contribution in [0.15, 0.2) is 24.3 Å². The van der Waals surface area contributed by atoms with Crippen LogP contribution in [0.3, 0.4) is 0 Å². The molecule has 0 aliphatic carbocycles. The van der Waals surface area contributed by atoms with E-state index in [0.717, 1.165) is 25.0 Å². The lowest BCUT2D eigenvalue weighted by molar-refractivity contribution is 0.105. The molecule has 1 saturated heterocycles. The lowest BCUT2D eigenvalue weighted by Crippen LogP contribution is -2.46. The molecular weight excluding hydrogens is 232 g/mol. The Morgan fingerprint density at radius 2 is 2.11 bits per heavy atom. The Kier molecular flexibility index (Phi) is 3.90. The zero-order chi connectivity index (χ0) is 13.2. The van der Waals surface area contributed by atoms with E-state index < -0.39 is 0 Å². The van der Waals surface area contributed by atoms with Crippen molar-refractivity contribution in [1.29, 1.82) is 0 Å². The molecule has 2 heteroatoms. The Hall–Kier alpha value is -0.860. The minimum absolute atomic E-state index is 0.665. The number of likely N-dealkylation sites (tertiary alicyclic amines) is 1. The molecular formula is C17H26N2. The molecule has 2 aliphatic heterocycles. The summed E-state index contributed by atoms with van der Waals surface area (Å²) in [5, 5.41) is 3.58. The average molecular weight is 258 g/mol. The predicted molar refractivity (Wildman–Crippen MR) is 80.3 cm³/mol.